The van der Waals surface area contributed by atoms with E-state index < -0.39 is 0 Å². The van der Waals surface area contributed by atoms with E-state index >= 15 is 0 Å². The Hall–Kier alpha value is -1.37. The van der Waals surface area contributed by atoms with Crippen LogP contribution < -0.4 is 5.32 Å². The summed E-state index contributed by atoms with van der Waals surface area (Å²) in [7, 11) is 1.90. The van der Waals surface area contributed by atoms with Crippen molar-refractivity contribution in [3.63, 3.8) is 0 Å². The third kappa shape index (κ3) is 3.10. The molecule has 0 aromatic carbocycles. The molecule has 0 radical (unpaired) electrons. The molecule has 3 fully saturated rings. The second-order valence-electron chi connectivity index (χ2n) is 7.31. The number of rotatable bonds is 4. The van der Waals surface area contributed by atoms with E-state index in [9.17, 15) is 4.79 Å². The largest absolute Gasteiger partial charge is 0.381 e. The van der Waals surface area contributed by atoms with Crippen molar-refractivity contribution in [1.82, 2.24) is 14.8 Å². The maximum absolute atomic E-state index is 12.6. The highest BCUT2D eigenvalue weighted by atomic mass is 16.5. The van der Waals surface area contributed by atoms with Crippen LogP contribution in [-0.2, 0) is 16.5 Å². The van der Waals surface area contributed by atoms with E-state index in [0.29, 0.717) is 17.7 Å². The summed E-state index contributed by atoms with van der Waals surface area (Å²) in [5.41, 5.74) is 0.699. The fraction of sp³-hybridized carbons (Fsp3) is 0.722. The number of carbonyl (C=O) groups excluding carboxylic acids is 1. The van der Waals surface area contributed by atoms with Gasteiger partial charge in [0.25, 0.3) is 5.91 Å². The van der Waals surface area contributed by atoms with Gasteiger partial charge in [-0.05, 0) is 37.3 Å². The lowest BCUT2D eigenvalue weighted by Gasteiger charge is -2.33. The molecule has 1 unspecified atom stereocenters. The first-order valence-electron chi connectivity index (χ1n) is 9.08. The summed E-state index contributed by atoms with van der Waals surface area (Å²) in [6, 6.07) is 4.26. The lowest BCUT2D eigenvalue weighted by atomic mass is 10.00. The minimum absolute atomic E-state index is 0.00790. The van der Waals surface area contributed by atoms with E-state index in [1.54, 1.807) is 0 Å². The van der Waals surface area contributed by atoms with E-state index in [4.69, 9.17) is 9.47 Å². The summed E-state index contributed by atoms with van der Waals surface area (Å²) >= 11 is 0. The van der Waals surface area contributed by atoms with Gasteiger partial charge in [0.15, 0.2) is 0 Å². The van der Waals surface area contributed by atoms with Gasteiger partial charge >= 0.3 is 0 Å². The van der Waals surface area contributed by atoms with E-state index in [1.807, 2.05) is 29.9 Å². The molecule has 24 heavy (non-hydrogen) atoms. The van der Waals surface area contributed by atoms with Crippen molar-refractivity contribution in [2.75, 3.05) is 32.9 Å². The second kappa shape index (κ2) is 6.86. The predicted molar refractivity (Wildman–Crippen MR) is 89.9 cm³/mol. The van der Waals surface area contributed by atoms with Crippen molar-refractivity contribution in [2.45, 2.75) is 37.5 Å². The lowest BCUT2D eigenvalue weighted by molar-refractivity contribution is -0.0220. The highest BCUT2D eigenvalue weighted by Gasteiger charge is 2.45. The lowest BCUT2D eigenvalue weighted by Crippen LogP contribution is -2.48. The van der Waals surface area contributed by atoms with Gasteiger partial charge in [0.05, 0.1) is 18.8 Å². The Morgan fingerprint density at radius 2 is 2.29 bits per heavy atom. The van der Waals surface area contributed by atoms with Crippen LogP contribution in [0.15, 0.2) is 18.3 Å². The highest BCUT2D eigenvalue weighted by Crippen LogP contribution is 2.31. The molecule has 4 rings (SSSR count). The number of ether oxygens (including phenoxy) is 2. The minimum Gasteiger partial charge on any atom is -0.381 e. The molecule has 4 heterocycles. The van der Waals surface area contributed by atoms with Gasteiger partial charge in [-0.25, -0.2) is 0 Å². The van der Waals surface area contributed by atoms with E-state index in [2.05, 4.69) is 10.2 Å². The third-order valence-electron chi connectivity index (χ3n) is 5.64. The van der Waals surface area contributed by atoms with Crippen LogP contribution in [0, 0.1) is 5.92 Å². The van der Waals surface area contributed by atoms with Crippen LogP contribution in [0.5, 0.6) is 0 Å². The van der Waals surface area contributed by atoms with Gasteiger partial charge in [0, 0.05) is 45.6 Å². The predicted octanol–water partition coefficient (Wildman–Crippen LogP) is 1.02. The van der Waals surface area contributed by atoms with Crippen molar-refractivity contribution >= 4 is 5.91 Å². The normalized spacial score (nSPS) is 33.5. The Labute approximate surface area is 143 Å². The zero-order chi connectivity index (χ0) is 16.5. The van der Waals surface area contributed by atoms with Crippen LogP contribution >= 0.6 is 0 Å². The number of hydrogen-bond donors (Lipinski definition) is 1. The maximum atomic E-state index is 12.6. The van der Waals surface area contributed by atoms with Crippen LogP contribution in [0.3, 0.4) is 0 Å². The molecule has 0 bridgehead atoms. The van der Waals surface area contributed by atoms with Crippen molar-refractivity contribution < 1.29 is 14.3 Å². The zero-order valence-electron chi connectivity index (χ0n) is 14.3. The first-order valence-corrected chi connectivity index (χ1v) is 9.08. The molecule has 0 saturated carbocycles. The maximum Gasteiger partial charge on any atom is 0.268 e. The Balaban J connectivity index is 1.44. The number of likely N-dealkylation sites (tertiary alicyclic amines) is 1. The van der Waals surface area contributed by atoms with Gasteiger partial charge in [-0.3, -0.25) is 9.69 Å². The van der Waals surface area contributed by atoms with Crippen molar-refractivity contribution in [2.24, 2.45) is 13.0 Å². The molecule has 0 aliphatic carbocycles. The average molecular weight is 333 g/mol. The number of hydrogen-bond acceptors (Lipinski definition) is 4. The minimum atomic E-state index is -0.00790. The quantitative estimate of drug-likeness (QED) is 0.894. The summed E-state index contributed by atoms with van der Waals surface area (Å²) in [5, 5.41) is 3.22. The number of carbonyl (C=O) groups is 1. The van der Waals surface area contributed by atoms with Crippen molar-refractivity contribution in [1.29, 1.82) is 0 Å². The molecule has 1 N–H and O–H groups in total. The van der Waals surface area contributed by atoms with Gasteiger partial charge in [-0.1, -0.05) is 0 Å². The zero-order valence-corrected chi connectivity index (χ0v) is 14.3. The molecule has 1 aromatic heterocycles. The molecule has 3 saturated heterocycles. The molecule has 132 valence electrons. The number of fused-ring (bicyclic) bond motifs is 1. The molecule has 1 aromatic rings. The summed E-state index contributed by atoms with van der Waals surface area (Å²) in [4.78, 5) is 15.1. The van der Waals surface area contributed by atoms with Gasteiger partial charge in [-0.15, -0.1) is 0 Å². The summed E-state index contributed by atoms with van der Waals surface area (Å²) in [6.45, 7) is 4.49. The smallest absolute Gasteiger partial charge is 0.268 e. The first-order chi connectivity index (χ1) is 11.7. The summed E-state index contributed by atoms with van der Waals surface area (Å²) in [6.07, 6.45) is 5.43. The van der Waals surface area contributed by atoms with Gasteiger partial charge < -0.3 is 19.4 Å². The van der Waals surface area contributed by atoms with Crippen LogP contribution in [-0.4, -0.2) is 66.5 Å². The topological polar surface area (TPSA) is 55.7 Å². The fourth-order valence-electron chi connectivity index (χ4n) is 4.39. The van der Waals surface area contributed by atoms with Crippen LogP contribution in [0.4, 0.5) is 0 Å². The van der Waals surface area contributed by atoms with E-state index in [0.717, 1.165) is 52.2 Å². The van der Waals surface area contributed by atoms with Gasteiger partial charge in [0.1, 0.15) is 5.69 Å². The first kappa shape index (κ1) is 16.1. The summed E-state index contributed by atoms with van der Waals surface area (Å²) < 4.78 is 13.4. The fourth-order valence-corrected chi connectivity index (χ4v) is 4.39. The van der Waals surface area contributed by atoms with Gasteiger partial charge in [-0.2, -0.15) is 0 Å². The number of aromatic nitrogens is 1. The highest BCUT2D eigenvalue weighted by molar-refractivity contribution is 5.93. The van der Waals surface area contributed by atoms with Crippen LogP contribution in [0.1, 0.15) is 29.8 Å². The van der Waals surface area contributed by atoms with Gasteiger partial charge in [0.2, 0.25) is 0 Å². The number of amides is 1. The Morgan fingerprint density at radius 1 is 1.38 bits per heavy atom. The average Bonchev–Trinajstić information content (AvgIpc) is 3.30. The van der Waals surface area contributed by atoms with E-state index in [1.165, 1.54) is 0 Å². The van der Waals surface area contributed by atoms with Crippen LogP contribution in [0.25, 0.3) is 0 Å². The molecule has 3 aliphatic heterocycles. The SMILES string of the molecule is Cn1cccc1C(=O)N[C@@H]1CN(CC2CCOC2)[C@@H]2CCCO[C@@H]21. The third-order valence-corrected chi connectivity index (χ3v) is 5.64. The Kier molecular flexibility index (Phi) is 4.61. The monoisotopic (exact) mass is 333 g/mol. The standard InChI is InChI=1S/C18H27N3O3/c1-20-7-2-4-16(20)18(22)19-14-11-21(10-13-6-9-23-12-13)15-5-3-8-24-17(14)15/h2,4,7,13-15,17H,3,5-6,8-12H2,1H3,(H,19,22)/t13?,14-,15-,17-/m1/s1. The molecule has 3 aliphatic rings. The molecule has 6 heteroatoms. The Bertz CT molecular complexity index is 582. The van der Waals surface area contributed by atoms with E-state index in [-0.39, 0.29) is 18.1 Å². The molecule has 6 nitrogen and oxygen atoms in total. The van der Waals surface area contributed by atoms with Crippen LogP contribution in [0.2, 0.25) is 0 Å². The molecule has 4 atom stereocenters. The van der Waals surface area contributed by atoms with Crippen molar-refractivity contribution in [3.8, 4) is 0 Å². The Morgan fingerprint density at radius 3 is 3.04 bits per heavy atom. The number of nitrogens with zero attached hydrogens (tertiary/aromatic N) is 2. The number of aryl methyl sites for hydroxylation is 1. The molecule has 1 amide bonds. The summed E-state index contributed by atoms with van der Waals surface area (Å²) in [5.74, 6) is 0.612. The van der Waals surface area contributed by atoms with Crippen molar-refractivity contribution in [3.05, 3.63) is 24.0 Å². The molecule has 0 spiro atoms. The molecular formula is C18H27N3O3. The second-order valence-corrected chi connectivity index (χ2v) is 7.31. The number of nitrogens with one attached hydrogen (secondary N) is 1. The molecular weight excluding hydrogens is 306 g/mol.